The van der Waals surface area contributed by atoms with Gasteiger partial charge in [0.2, 0.25) is 5.17 Å². The van der Waals surface area contributed by atoms with Crippen LogP contribution in [0.4, 0.5) is 0 Å². The standard InChI is InChI=1S/C22H15Cl2N5O2S/c1-11-8-13(12(2)28(11)17-10-14(23)5-6-16(17)24)9-15-19(25)29-22(26-20(15)30)32-21(27-29)18-4-3-7-31-18/h3-10,25H,1-2H3/b15-9+,25-19?. The van der Waals surface area contributed by atoms with E-state index < -0.39 is 5.91 Å². The van der Waals surface area contributed by atoms with Crippen LogP contribution in [0.15, 0.2) is 62.7 Å². The number of carbonyl (C=O) groups is 1. The maximum atomic E-state index is 12.8. The van der Waals surface area contributed by atoms with E-state index in [0.717, 1.165) is 22.6 Å². The van der Waals surface area contributed by atoms with Gasteiger partial charge in [0.25, 0.3) is 5.91 Å². The SMILES string of the molecule is Cc1cc(/C=C2\C(=N)N3N=C(c4ccco4)SC3=NC2=O)c(C)n1-c1cc(Cl)ccc1Cl. The van der Waals surface area contributed by atoms with Crippen LogP contribution in [-0.4, -0.2) is 31.5 Å². The number of halogens is 2. The average molecular weight is 484 g/mol. The molecule has 3 aromatic rings. The van der Waals surface area contributed by atoms with E-state index in [1.165, 1.54) is 16.8 Å². The van der Waals surface area contributed by atoms with E-state index in [1.807, 2.05) is 24.5 Å². The van der Waals surface area contributed by atoms with Gasteiger partial charge >= 0.3 is 0 Å². The van der Waals surface area contributed by atoms with Gasteiger partial charge in [-0.25, -0.2) is 0 Å². The second-order valence-electron chi connectivity index (χ2n) is 7.16. The van der Waals surface area contributed by atoms with Crippen molar-refractivity contribution in [3.8, 4) is 5.69 Å². The summed E-state index contributed by atoms with van der Waals surface area (Å²) in [6.07, 6.45) is 3.20. The molecule has 0 fully saturated rings. The first-order valence-electron chi connectivity index (χ1n) is 9.52. The Hall–Kier alpha value is -3.07. The Labute approximate surface area is 197 Å². The molecule has 10 heteroatoms. The minimum Gasteiger partial charge on any atom is -0.462 e. The highest BCUT2D eigenvalue weighted by molar-refractivity contribution is 8.27. The number of rotatable bonds is 3. The molecule has 0 saturated heterocycles. The molecule has 32 heavy (non-hydrogen) atoms. The molecule has 2 aliphatic heterocycles. The first kappa shape index (κ1) is 20.8. The zero-order valence-electron chi connectivity index (χ0n) is 16.9. The van der Waals surface area contributed by atoms with Crippen molar-refractivity contribution in [2.24, 2.45) is 10.1 Å². The van der Waals surface area contributed by atoms with Crippen LogP contribution in [-0.2, 0) is 4.79 Å². The molecule has 0 radical (unpaired) electrons. The number of nitrogens with zero attached hydrogens (tertiary/aromatic N) is 4. The number of aromatic nitrogens is 1. The molecule has 1 aromatic carbocycles. The van der Waals surface area contributed by atoms with Crippen LogP contribution >= 0.6 is 35.0 Å². The number of hydrogen-bond acceptors (Lipinski definition) is 5. The van der Waals surface area contributed by atoms with Crippen molar-refractivity contribution in [3.05, 3.63) is 81.0 Å². The van der Waals surface area contributed by atoms with E-state index in [4.69, 9.17) is 33.0 Å². The number of carbonyl (C=O) groups excluding carboxylic acids is 1. The quantitative estimate of drug-likeness (QED) is 0.486. The average Bonchev–Trinajstić information content (AvgIpc) is 3.47. The molecule has 0 atom stereocenters. The van der Waals surface area contributed by atoms with Crippen LogP contribution in [0, 0.1) is 19.3 Å². The van der Waals surface area contributed by atoms with Crippen molar-refractivity contribution in [2.45, 2.75) is 13.8 Å². The first-order valence-corrected chi connectivity index (χ1v) is 11.1. The fourth-order valence-corrected chi connectivity index (χ4v) is 4.84. The van der Waals surface area contributed by atoms with Gasteiger partial charge in [0.1, 0.15) is 0 Å². The van der Waals surface area contributed by atoms with E-state index in [2.05, 4.69) is 10.1 Å². The molecule has 0 aliphatic carbocycles. The summed E-state index contributed by atoms with van der Waals surface area (Å²) in [6.45, 7) is 3.86. The molecule has 0 spiro atoms. The molecule has 1 amide bonds. The molecule has 0 bridgehead atoms. The molecule has 0 saturated carbocycles. The minimum atomic E-state index is -0.491. The Morgan fingerprint density at radius 1 is 1.19 bits per heavy atom. The molecule has 4 heterocycles. The first-order chi connectivity index (χ1) is 15.3. The Morgan fingerprint density at radius 3 is 2.75 bits per heavy atom. The van der Waals surface area contributed by atoms with Crippen LogP contribution in [0.3, 0.4) is 0 Å². The summed E-state index contributed by atoms with van der Waals surface area (Å²) in [4.78, 5) is 16.9. The van der Waals surface area contributed by atoms with Gasteiger partial charge in [-0.3, -0.25) is 10.2 Å². The number of hydrazone groups is 1. The fourth-order valence-electron chi connectivity index (χ4n) is 3.61. The highest BCUT2D eigenvalue weighted by Gasteiger charge is 2.36. The summed E-state index contributed by atoms with van der Waals surface area (Å²) in [7, 11) is 0. The zero-order chi connectivity index (χ0) is 22.6. The molecule has 2 aliphatic rings. The lowest BCUT2D eigenvalue weighted by atomic mass is 10.1. The predicted molar refractivity (Wildman–Crippen MR) is 128 cm³/mol. The maximum Gasteiger partial charge on any atom is 0.283 e. The third-order valence-electron chi connectivity index (χ3n) is 5.11. The highest BCUT2D eigenvalue weighted by atomic mass is 35.5. The van der Waals surface area contributed by atoms with Crippen LogP contribution in [0.25, 0.3) is 11.8 Å². The smallest absolute Gasteiger partial charge is 0.283 e. The number of aliphatic imine (C=N–C) groups is 1. The monoisotopic (exact) mass is 483 g/mol. The lowest BCUT2D eigenvalue weighted by Gasteiger charge is -2.20. The molecule has 2 aromatic heterocycles. The number of fused-ring (bicyclic) bond motifs is 1. The van der Waals surface area contributed by atoms with Gasteiger partial charge in [0, 0.05) is 16.4 Å². The van der Waals surface area contributed by atoms with Crippen molar-refractivity contribution < 1.29 is 9.21 Å². The molecule has 0 unspecified atom stereocenters. The van der Waals surface area contributed by atoms with Gasteiger partial charge in [0.15, 0.2) is 16.6 Å². The van der Waals surface area contributed by atoms with Gasteiger partial charge in [0.05, 0.1) is 22.5 Å². The second-order valence-corrected chi connectivity index (χ2v) is 8.96. The number of nitrogens with one attached hydrogen (secondary N) is 1. The Balaban J connectivity index is 1.55. The van der Waals surface area contributed by atoms with Gasteiger partial charge in [-0.1, -0.05) is 23.2 Å². The normalized spacial score (nSPS) is 17.1. The number of benzene rings is 1. The Morgan fingerprint density at radius 2 is 2.00 bits per heavy atom. The summed E-state index contributed by atoms with van der Waals surface area (Å²) in [5.74, 6) is 0.0229. The Bertz CT molecular complexity index is 1390. The number of furan rings is 1. The number of amidine groups is 2. The van der Waals surface area contributed by atoms with E-state index in [9.17, 15) is 4.79 Å². The van der Waals surface area contributed by atoms with Crippen molar-refractivity contribution in [1.82, 2.24) is 9.58 Å². The third kappa shape index (κ3) is 3.40. The van der Waals surface area contributed by atoms with Crippen LogP contribution in [0.1, 0.15) is 22.7 Å². The lowest BCUT2D eigenvalue weighted by Crippen LogP contribution is -2.35. The van der Waals surface area contributed by atoms with Crippen LogP contribution < -0.4 is 0 Å². The predicted octanol–water partition coefficient (Wildman–Crippen LogP) is 5.66. The zero-order valence-corrected chi connectivity index (χ0v) is 19.2. The number of thioether (sulfide) groups is 1. The van der Waals surface area contributed by atoms with Crippen LogP contribution in [0.2, 0.25) is 10.0 Å². The lowest BCUT2D eigenvalue weighted by molar-refractivity contribution is -0.114. The number of amides is 1. The summed E-state index contributed by atoms with van der Waals surface area (Å²) < 4.78 is 7.34. The third-order valence-corrected chi connectivity index (χ3v) is 6.58. The molecule has 160 valence electrons. The summed E-state index contributed by atoms with van der Waals surface area (Å²) in [5, 5.41) is 16.3. The molecular formula is C22H15Cl2N5O2S. The molecule has 7 nitrogen and oxygen atoms in total. The molecule has 5 rings (SSSR count). The van der Waals surface area contributed by atoms with Crippen molar-refractivity contribution >= 4 is 63.0 Å². The van der Waals surface area contributed by atoms with Gasteiger partial charge in [-0.05, 0) is 73.6 Å². The van der Waals surface area contributed by atoms with Gasteiger partial charge in [-0.15, -0.1) is 0 Å². The second kappa shape index (κ2) is 7.81. The largest absolute Gasteiger partial charge is 0.462 e. The topological polar surface area (TPSA) is 87.0 Å². The summed E-state index contributed by atoms with van der Waals surface area (Å²) in [6, 6.07) is 10.7. The number of hydrogen-bond donors (Lipinski definition) is 1. The molecular weight excluding hydrogens is 469 g/mol. The fraction of sp³-hybridized carbons (Fsp3) is 0.0909. The van der Waals surface area contributed by atoms with E-state index in [1.54, 1.807) is 42.7 Å². The van der Waals surface area contributed by atoms with Gasteiger partial charge < -0.3 is 8.98 Å². The Kier molecular flexibility index (Phi) is 5.08. The van der Waals surface area contributed by atoms with Crippen molar-refractivity contribution in [2.75, 3.05) is 0 Å². The van der Waals surface area contributed by atoms with Crippen LogP contribution in [0.5, 0.6) is 0 Å². The summed E-state index contributed by atoms with van der Waals surface area (Å²) in [5.41, 5.74) is 3.42. The summed E-state index contributed by atoms with van der Waals surface area (Å²) >= 11 is 13.8. The van der Waals surface area contributed by atoms with Gasteiger partial charge in [-0.2, -0.15) is 15.1 Å². The highest BCUT2D eigenvalue weighted by Crippen LogP contribution is 2.33. The van der Waals surface area contributed by atoms with Crippen molar-refractivity contribution in [3.63, 3.8) is 0 Å². The molecule has 1 N–H and O–H groups in total. The maximum absolute atomic E-state index is 12.8. The van der Waals surface area contributed by atoms with Crippen molar-refractivity contribution in [1.29, 1.82) is 5.41 Å². The van der Waals surface area contributed by atoms with E-state index in [0.29, 0.717) is 26.0 Å². The number of aryl methyl sites for hydroxylation is 1. The van der Waals surface area contributed by atoms with E-state index in [-0.39, 0.29) is 11.4 Å². The van der Waals surface area contributed by atoms with E-state index >= 15 is 0 Å². The minimum absolute atomic E-state index is 0.0420.